The predicted octanol–water partition coefficient (Wildman–Crippen LogP) is 1.54. The fourth-order valence-electron chi connectivity index (χ4n) is 2.44. The van der Waals surface area contributed by atoms with Gasteiger partial charge in [-0.3, -0.25) is 9.78 Å². The van der Waals surface area contributed by atoms with Crippen LogP contribution in [0.3, 0.4) is 0 Å². The van der Waals surface area contributed by atoms with Crippen LogP contribution in [-0.4, -0.2) is 38.8 Å². The van der Waals surface area contributed by atoms with E-state index in [2.05, 4.69) is 15.0 Å². The van der Waals surface area contributed by atoms with Gasteiger partial charge in [-0.05, 0) is 12.8 Å². The van der Waals surface area contributed by atoms with Crippen molar-refractivity contribution >= 4 is 22.4 Å². The van der Waals surface area contributed by atoms with Gasteiger partial charge in [0.2, 0.25) is 0 Å². The number of nitrogens with two attached hydrogens (primary N) is 1. The normalized spacial score (nSPS) is 16.3. The molecule has 1 saturated heterocycles. The van der Waals surface area contributed by atoms with Crippen molar-refractivity contribution in [2.24, 2.45) is 0 Å². The second-order valence-corrected chi connectivity index (χ2v) is 5.66. The SMILES string of the molecule is Nc1nc(C2CCN(C(=O)c3cnccn3)CC2)cs1. The van der Waals surface area contributed by atoms with Crippen molar-refractivity contribution in [1.82, 2.24) is 19.9 Å². The molecule has 0 aromatic carbocycles. The summed E-state index contributed by atoms with van der Waals surface area (Å²) >= 11 is 1.47. The Morgan fingerprint density at radius 1 is 1.35 bits per heavy atom. The van der Waals surface area contributed by atoms with Crippen LogP contribution < -0.4 is 5.73 Å². The maximum absolute atomic E-state index is 12.2. The number of likely N-dealkylation sites (tertiary alicyclic amines) is 1. The van der Waals surface area contributed by atoms with Crippen molar-refractivity contribution in [2.45, 2.75) is 18.8 Å². The Bertz CT molecular complexity index is 592. The first-order chi connectivity index (χ1) is 9.74. The van der Waals surface area contributed by atoms with E-state index in [0.29, 0.717) is 16.7 Å². The number of hydrogen-bond acceptors (Lipinski definition) is 6. The zero-order valence-corrected chi connectivity index (χ0v) is 11.7. The van der Waals surface area contributed by atoms with Gasteiger partial charge < -0.3 is 10.6 Å². The van der Waals surface area contributed by atoms with E-state index in [9.17, 15) is 4.79 Å². The van der Waals surface area contributed by atoms with Gasteiger partial charge in [0, 0.05) is 36.8 Å². The third-order valence-corrected chi connectivity index (χ3v) is 4.21. The molecule has 1 aliphatic heterocycles. The summed E-state index contributed by atoms with van der Waals surface area (Å²) in [5.74, 6) is 0.351. The van der Waals surface area contributed by atoms with Crippen LogP contribution >= 0.6 is 11.3 Å². The van der Waals surface area contributed by atoms with Crippen molar-refractivity contribution in [2.75, 3.05) is 18.8 Å². The summed E-state index contributed by atoms with van der Waals surface area (Å²) in [5, 5.41) is 2.62. The molecule has 0 aliphatic carbocycles. The van der Waals surface area contributed by atoms with Crippen LogP contribution in [0.15, 0.2) is 24.0 Å². The summed E-state index contributed by atoms with van der Waals surface area (Å²) in [6, 6.07) is 0. The summed E-state index contributed by atoms with van der Waals surface area (Å²) in [6.07, 6.45) is 6.44. The van der Waals surface area contributed by atoms with Gasteiger partial charge in [0.15, 0.2) is 5.13 Å². The predicted molar refractivity (Wildman–Crippen MR) is 76.4 cm³/mol. The van der Waals surface area contributed by atoms with Gasteiger partial charge in [-0.2, -0.15) is 0 Å². The van der Waals surface area contributed by atoms with Crippen LogP contribution in [0.5, 0.6) is 0 Å². The molecule has 0 unspecified atom stereocenters. The van der Waals surface area contributed by atoms with Crippen molar-refractivity contribution in [3.05, 3.63) is 35.4 Å². The quantitative estimate of drug-likeness (QED) is 0.906. The minimum Gasteiger partial charge on any atom is -0.375 e. The van der Waals surface area contributed by atoms with Crippen LogP contribution in [0, 0.1) is 0 Å². The van der Waals surface area contributed by atoms with Crippen molar-refractivity contribution < 1.29 is 4.79 Å². The molecule has 1 amide bonds. The lowest BCUT2D eigenvalue weighted by Gasteiger charge is -2.31. The maximum Gasteiger partial charge on any atom is 0.274 e. The zero-order valence-electron chi connectivity index (χ0n) is 10.9. The first-order valence-corrected chi connectivity index (χ1v) is 7.38. The molecule has 0 bridgehead atoms. The number of anilines is 1. The van der Waals surface area contributed by atoms with E-state index in [-0.39, 0.29) is 5.91 Å². The zero-order chi connectivity index (χ0) is 13.9. The van der Waals surface area contributed by atoms with Gasteiger partial charge in [-0.15, -0.1) is 11.3 Å². The first kappa shape index (κ1) is 13.0. The number of piperidine rings is 1. The number of rotatable bonds is 2. The Balaban J connectivity index is 1.63. The highest BCUT2D eigenvalue weighted by Crippen LogP contribution is 2.29. The fourth-order valence-corrected chi connectivity index (χ4v) is 3.08. The highest BCUT2D eigenvalue weighted by atomic mass is 32.1. The molecule has 20 heavy (non-hydrogen) atoms. The van der Waals surface area contributed by atoms with Gasteiger partial charge >= 0.3 is 0 Å². The van der Waals surface area contributed by atoms with Gasteiger partial charge in [-0.25, -0.2) is 9.97 Å². The topological polar surface area (TPSA) is 85.0 Å². The van der Waals surface area contributed by atoms with E-state index >= 15 is 0 Å². The monoisotopic (exact) mass is 289 g/mol. The molecule has 2 N–H and O–H groups in total. The average molecular weight is 289 g/mol. The van der Waals surface area contributed by atoms with Gasteiger partial charge in [0.05, 0.1) is 11.9 Å². The van der Waals surface area contributed by atoms with Crippen molar-refractivity contribution in [3.63, 3.8) is 0 Å². The smallest absolute Gasteiger partial charge is 0.274 e. The number of thiazole rings is 1. The molecule has 6 nitrogen and oxygen atoms in total. The van der Waals surface area contributed by atoms with E-state index in [4.69, 9.17) is 5.73 Å². The van der Waals surface area contributed by atoms with E-state index in [1.54, 1.807) is 6.20 Å². The molecular formula is C13H15N5OS. The first-order valence-electron chi connectivity index (χ1n) is 6.50. The molecule has 104 valence electrons. The molecule has 0 atom stereocenters. The van der Waals surface area contributed by atoms with Crippen LogP contribution in [-0.2, 0) is 0 Å². The third kappa shape index (κ3) is 2.62. The number of hydrogen-bond donors (Lipinski definition) is 1. The highest BCUT2D eigenvalue weighted by molar-refractivity contribution is 7.13. The molecule has 7 heteroatoms. The molecule has 2 aromatic rings. The van der Waals surface area contributed by atoms with E-state index in [1.807, 2.05) is 10.3 Å². The van der Waals surface area contributed by atoms with E-state index in [1.165, 1.54) is 23.7 Å². The Hall–Kier alpha value is -2.02. The minimum absolute atomic E-state index is 0.0469. The highest BCUT2D eigenvalue weighted by Gasteiger charge is 2.26. The Morgan fingerprint density at radius 3 is 2.75 bits per heavy atom. The van der Waals surface area contributed by atoms with Gasteiger partial charge in [0.1, 0.15) is 5.69 Å². The third-order valence-electron chi connectivity index (χ3n) is 3.52. The molecule has 3 rings (SSSR count). The molecule has 1 fully saturated rings. The Morgan fingerprint density at radius 2 is 2.15 bits per heavy atom. The summed E-state index contributed by atoms with van der Waals surface area (Å²) in [4.78, 5) is 26.4. The molecule has 3 heterocycles. The number of amides is 1. The van der Waals surface area contributed by atoms with E-state index in [0.717, 1.165) is 31.6 Å². The summed E-state index contributed by atoms with van der Waals surface area (Å²) in [7, 11) is 0. The molecule has 0 spiro atoms. The Kier molecular flexibility index (Phi) is 3.60. The van der Waals surface area contributed by atoms with Crippen molar-refractivity contribution in [1.29, 1.82) is 0 Å². The lowest BCUT2D eigenvalue weighted by atomic mass is 9.94. The minimum atomic E-state index is -0.0469. The number of carbonyl (C=O) groups excluding carboxylic acids is 1. The summed E-state index contributed by atoms with van der Waals surface area (Å²) in [5.41, 5.74) is 7.13. The standard InChI is InChI=1S/C13H15N5OS/c14-13-17-11(8-20-13)9-1-5-18(6-2-9)12(19)10-7-15-3-4-16-10/h3-4,7-9H,1-2,5-6H2,(H2,14,17). The average Bonchev–Trinajstić information content (AvgIpc) is 2.94. The largest absolute Gasteiger partial charge is 0.375 e. The summed E-state index contributed by atoms with van der Waals surface area (Å²) in [6.45, 7) is 1.44. The van der Waals surface area contributed by atoms with Gasteiger partial charge in [-0.1, -0.05) is 0 Å². The maximum atomic E-state index is 12.2. The molecule has 0 saturated carbocycles. The second-order valence-electron chi connectivity index (χ2n) is 4.77. The molecular weight excluding hydrogens is 274 g/mol. The number of nitrogen functional groups attached to an aromatic ring is 1. The summed E-state index contributed by atoms with van der Waals surface area (Å²) < 4.78 is 0. The van der Waals surface area contributed by atoms with Gasteiger partial charge in [0.25, 0.3) is 5.91 Å². The number of carbonyl (C=O) groups is 1. The van der Waals surface area contributed by atoms with Crippen LogP contribution in [0.2, 0.25) is 0 Å². The Labute approximate surface area is 120 Å². The van der Waals surface area contributed by atoms with Crippen LogP contribution in [0.1, 0.15) is 34.9 Å². The number of aromatic nitrogens is 3. The lowest BCUT2D eigenvalue weighted by Crippen LogP contribution is -2.38. The second kappa shape index (κ2) is 5.54. The molecule has 0 radical (unpaired) electrons. The molecule has 2 aromatic heterocycles. The van der Waals surface area contributed by atoms with Crippen LogP contribution in [0.25, 0.3) is 0 Å². The lowest BCUT2D eigenvalue weighted by molar-refractivity contribution is 0.0705. The van der Waals surface area contributed by atoms with Crippen molar-refractivity contribution in [3.8, 4) is 0 Å². The fraction of sp³-hybridized carbons (Fsp3) is 0.385. The van der Waals surface area contributed by atoms with Crippen LogP contribution in [0.4, 0.5) is 5.13 Å². The number of nitrogens with zero attached hydrogens (tertiary/aromatic N) is 4. The molecule has 1 aliphatic rings. The van der Waals surface area contributed by atoms with E-state index < -0.39 is 0 Å².